The van der Waals surface area contributed by atoms with Crippen LogP contribution in [0.5, 0.6) is 11.5 Å². The maximum Gasteiger partial charge on any atom is 0.237 e. The van der Waals surface area contributed by atoms with Crippen LogP contribution in [0.2, 0.25) is 0 Å². The molecule has 0 saturated heterocycles. The van der Waals surface area contributed by atoms with Gasteiger partial charge in [-0.05, 0) is 23.6 Å². The molecule has 0 radical (unpaired) electrons. The molecule has 0 bridgehead atoms. The van der Waals surface area contributed by atoms with Gasteiger partial charge in [0.15, 0.2) is 5.82 Å². The molecule has 0 amide bonds. The van der Waals surface area contributed by atoms with Crippen molar-refractivity contribution in [2.24, 2.45) is 0 Å². The van der Waals surface area contributed by atoms with Gasteiger partial charge < -0.3 is 19.8 Å². The lowest BCUT2D eigenvalue weighted by Gasteiger charge is -2.07. The monoisotopic (exact) mass is 452 g/mol. The van der Waals surface area contributed by atoms with Crippen LogP contribution in [0.1, 0.15) is 37.0 Å². The summed E-state index contributed by atoms with van der Waals surface area (Å²) in [7, 11) is 1.61. The molecule has 9 nitrogen and oxygen atoms in total. The second-order valence-corrected chi connectivity index (χ2v) is 8.26. The maximum atomic E-state index is 6.12. The first-order valence-corrected chi connectivity index (χ1v) is 11.0. The number of ether oxygens (including phenoxy) is 2. The van der Waals surface area contributed by atoms with E-state index in [2.05, 4.69) is 46.3 Å². The van der Waals surface area contributed by atoms with Crippen molar-refractivity contribution >= 4 is 11.8 Å². The van der Waals surface area contributed by atoms with E-state index in [0.29, 0.717) is 45.9 Å². The molecular formula is C22H24N6O3S. The molecule has 2 heterocycles. The number of hydrogen-bond acceptors (Lipinski definition) is 9. The van der Waals surface area contributed by atoms with Gasteiger partial charge in [0.2, 0.25) is 16.9 Å². The highest BCUT2D eigenvalue weighted by Gasteiger charge is 2.14. The van der Waals surface area contributed by atoms with Crippen molar-refractivity contribution in [2.75, 3.05) is 13.0 Å². The minimum absolute atomic E-state index is 0.175. The van der Waals surface area contributed by atoms with Crippen molar-refractivity contribution in [3.05, 3.63) is 65.8 Å². The Bertz CT molecular complexity index is 1170. The normalized spacial score (nSPS) is 11.1. The summed E-state index contributed by atoms with van der Waals surface area (Å²) in [6.45, 7) is 4.49. The van der Waals surface area contributed by atoms with Crippen molar-refractivity contribution in [3.63, 3.8) is 0 Å². The smallest absolute Gasteiger partial charge is 0.237 e. The van der Waals surface area contributed by atoms with Crippen LogP contribution in [0, 0.1) is 0 Å². The molecule has 2 aromatic heterocycles. The van der Waals surface area contributed by atoms with E-state index in [-0.39, 0.29) is 6.61 Å². The molecule has 0 aliphatic rings. The zero-order chi connectivity index (χ0) is 22.5. The lowest BCUT2D eigenvalue weighted by molar-refractivity contribution is 0.289. The van der Waals surface area contributed by atoms with Crippen LogP contribution in [-0.4, -0.2) is 32.1 Å². The number of nitrogens with zero attached hydrogens (tertiary/aromatic N) is 5. The Labute approximate surface area is 189 Å². The first-order chi connectivity index (χ1) is 15.5. The average Bonchev–Trinajstić information content (AvgIpc) is 3.43. The molecule has 0 fully saturated rings. The summed E-state index contributed by atoms with van der Waals surface area (Å²) in [5.74, 6) is 9.91. The lowest BCUT2D eigenvalue weighted by atomic mass is 10.0. The molecule has 0 aliphatic carbocycles. The third kappa shape index (κ3) is 5.02. The van der Waals surface area contributed by atoms with Crippen molar-refractivity contribution in [1.29, 1.82) is 0 Å². The fourth-order valence-electron chi connectivity index (χ4n) is 2.92. The van der Waals surface area contributed by atoms with Crippen LogP contribution >= 0.6 is 11.8 Å². The summed E-state index contributed by atoms with van der Waals surface area (Å²) in [4.78, 5) is 4.47. The Balaban J connectivity index is 1.35. The third-order valence-corrected chi connectivity index (χ3v) is 5.70. The zero-order valence-corrected chi connectivity index (χ0v) is 18.9. The Kier molecular flexibility index (Phi) is 6.60. The fraction of sp³-hybridized carbons (Fsp3) is 0.273. The van der Waals surface area contributed by atoms with Gasteiger partial charge >= 0.3 is 0 Å². The van der Waals surface area contributed by atoms with Crippen molar-refractivity contribution < 1.29 is 14.0 Å². The first kappa shape index (κ1) is 21.7. The highest BCUT2D eigenvalue weighted by atomic mass is 32.2. The summed E-state index contributed by atoms with van der Waals surface area (Å²) in [6.07, 6.45) is 0. The van der Waals surface area contributed by atoms with E-state index in [1.165, 1.54) is 22.0 Å². The summed E-state index contributed by atoms with van der Waals surface area (Å²) < 4.78 is 17.7. The number of nitrogens with two attached hydrogens (primary N) is 1. The standard InChI is InChI=1S/C22H24N6O3S/c1-14(2)15-7-9-16(10-8-15)21-24-20(31-27-21)13-32-22-26-25-19(28(22)23)12-30-18-6-4-5-17(11-18)29-3/h4-11,14H,12-13,23H2,1-3H3. The van der Waals surface area contributed by atoms with Gasteiger partial charge in [-0.3, -0.25) is 0 Å². The van der Waals surface area contributed by atoms with E-state index in [0.717, 1.165) is 5.56 Å². The fourth-order valence-corrected chi connectivity index (χ4v) is 3.63. The van der Waals surface area contributed by atoms with Gasteiger partial charge in [0.05, 0.1) is 12.9 Å². The molecule has 2 N–H and O–H groups in total. The Morgan fingerprint density at radius 2 is 1.88 bits per heavy atom. The minimum atomic E-state index is 0.175. The molecule has 32 heavy (non-hydrogen) atoms. The molecule has 0 saturated carbocycles. The number of nitrogen functional groups attached to an aromatic ring is 1. The highest BCUT2D eigenvalue weighted by molar-refractivity contribution is 7.98. The lowest BCUT2D eigenvalue weighted by Crippen LogP contribution is -2.15. The second kappa shape index (κ2) is 9.73. The average molecular weight is 453 g/mol. The second-order valence-electron chi connectivity index (χ2n) is 7.31. The van der Waals surface area contributed by atoms with Crippen LogP contribution < -0.4 is 15.3 Å². The van der Waals surface area contributed by atoms with Gasteiger partial charge in [-0.15, -0.1) is 10.2 Å². The number of rotatable bonds is 9. The molecule has 0 atom stereocenters. The van der Waals surface area contributed by atoms with Crippen molar-refractivity contribution in [1.82, 2.24) is 25.0 Å². The van der Waals surface area contributed by atoms with Crippen LogP contribution in [0.3, 0.4) is 0 Å². The maximum absolute atomic E-state index is 6.12. The SMILES string of the molecule is COc1cccc(OCc2nnc(SCc3nc(-c4ccc(C(C)C)cc4)no3)n2N)c1. The predicted octanol–water partition coefficient (Wildman–Crippen LogP) is 4.05. The molecular weight excluding hydrogens is 428 g/mol. The molecule has 0 aliphatic heterocycles. The summed E-state index contributed by atoms with van der Waals surface area (Å²) in [6, 6.07) is 15.5. The van der Waals surface area contributed by atoms with Crippen LogP contribution in [0.25, 0.3) is 11.4 Å². The molecule has 2 aromatic carbocycles. The van der Waals surface area contributed by atoms with Crippen molar-refractivity contribution in [2.45, 2.75) is 37.3 Å². The van der Waals surface area contributed by atoms with E-state index >= 15 is 0 Å². The van der Waals surface area contributed by atoms with Crippen LogP contribution in [0.15, 0.2) is 58.2 Å². The number of thioether (sulfide) groups is 1. The minimum Gasteiger partial charge on any atom is -0.497 e. The predicted molar refractivity (Wildman–Crippen MR) is 121 cm³/mol. The van der Waals surface area contributed by atoms with Crippen LogP contribution in [0.4, 0.5) is 0 Å². The van der Waals surface area contributed by atoms with Gasteiger partial charge in [0, 0.05) is 11.6 Å². The number of aromatic nitrogens is 5. The molecule has 4 aromatic rings. The molecule has 4 rings (SSSR count). The molecule has 0 unspecified atom stereocenters. The number of hydrogen-bond donors (Lipinski definition) is 1. The topological polar surface area (TPSA) is 114 Å². The van der Waals surface area contributed by atoms with E-state index < -0.39 is 0 Å². The van der Waals surface area contributed by atoms with E-state index in [9.17, 15) is 0 Å². The third-order valence-electron chi connectivity index (χ3n) is 4.77. The van der Waals surface area contributed by atoms with Gasteiger partial charge in [-0.2, -0.15) is 4.98 Å². The Hall–Kier alpha value is -3.53. The van der Waals surface area contributed by atoms with E-state index in [1.807, 2.05) is 30.3 Å². The molecule has 0 spiro atoms. The number of methoxy groups -OCH3 is 1. The Morgan fingerprint density at radius 1 is 1.09 bits per heavy atom. The van der Waals surface area contributed by atoms with Gasteiger partial charge in [0.25, 0.3) is 0 Å². The van der Waals surface area contributed by atoms with Gasteiger partial charge in [-0.25, -0.2) is 4.68 Å². The zero-order valence-electron chi connectivity index (χ0n) is 18.1. The summed E-state index contributed by atoms with van der Waals surface area (Å²) in [5.41, 5.74) is 2.18. The largest absolute Gasteiger partial charge is 0.497 e. The van der Waals surface area contributed by atoms with Gasteiger partial charge in [0.1, 0.15) is 18.1 Å². The molecule has 10 heteroatoms. The van der Waals surface area contributed by atoms with E-state index in [1.54, 1.807) is 13.2 Å². The Morgan fingerprint density at radius 3 is 2.62 bits per heavy atom. The van der Waals surface area contributed by atoms with Crippen LogP contribution in [-0.2, 0) is 12.4 Å². The quantitative estimate of drug-likeness (QED) is 0.297. The molecule has 166 valence electrons. The van der Waals surface area contributed by atoms with Crippen molar-refractivity contribution in [3.8, 4) is 22.9 Å². The summed E-state index contributed by atoms with van der Waals surface area (Å²) in [5, 5.41) is 12.8. The van der Waals surface area contributed by atoms with Gasteiger partial charge in [-0.1, -0.05) is 61.1 Å². The highest BCUT2D eigenvalue weighted by Crippen LogP contribution is 2.24. The summed E-state index contributed by atoms with van der Waals surface area (Å²) >= 11 is 1.36. The first-order valence-electron chi connectivity index (χ1n) is 10.1. The van der Waals surface area contributed by atoms with E-state index in [4.69, 9.17) is 19.8 Å². The number of benzene rings is 2.